The number of ether oxygens (including phenoxy) is 1. The second-order valence-electron chi connectivity index (χ2n) is 14.1. The lowest BCUT2D eigenvalue weighted by atomic mass is 9.45. The minimum absolute atomic E-state index is 0.000299. The summed E-state index contributed by atoms with van der Waals surface area (Å²) in [4.78, 5) is 30.9. The first-order chi connectivity index (χ1) is 19.5. The zero-order chi connectivity index (χ0) is 29.1. The zero-order valence-electron chi connectivity index (χ0n) is 24.2. The average molecular weight is 560 g/mol. The molecule has 1 unspecified atom stereocenters. The van der Waals surface area contributed by atoms with E-state index in [9.17, 15) is 24.9 Å². The Hall–Kier alpha value is -2.58. The molecule has 2 heterocycles. The van der Waals surface area contributed by atoms with E-state index in [0.29, 0.717) is 24.9 Å². The molecule has 3 aliphatic carbocycles. The van der Waals surface area contributed by atoms with Gasteiger partial charge in [0.2, 0.25) is 0 Å². The molecule has 0 radical (unpaired) electrons. The van der Waals surface area contributed by atoms with Crippen molar-refractivity contribution < 1.29 is 29.6 Å². The molecule has 7 nitrogen and oxygen atoms in total. The van der Waals surface area contributed by atoms with Crippen molar-refractivity contribution in [2.24, 2.45) is 34.0 Å². The molecule has 3 N–H and O–H groups in total. The van der Waals surface area contributed by atoms with E-state index in [2.05, 4.69) is 13.5 Å². The van der Waals surface area contributed by atoms with Crippen molar-refractivity contribution in [3.8, 4) is 0 Å². The van der Waals surface area contributed by atoms with Crippen molar-refractivity contribution in [3.05, 3.63) is 59.7 Å². The smallest absolute Gasteiger partial charge is 0.318 e. The highest BCUT2D eigenvalue weighted by molar-refractivity contribution is 6.22. The predicted octanol–water partition coefficient (Wildman–Crippen LogP) is 3.83. The number of aliphatic hydroxyl groups excluding tert-OH is 3. The molecule has 4 fully saturated rings. The van der Waals surface area contributed by atoms with Crippen molar-refractivity contribution in [1.29, 1.82) is 0 Å². The fourth-order valence-electron chi connectivity index (χ4n) is 10.7. The Morgan fingerprint density at radius 3 is 2.49 bits per heavy atom. The van der Waals surface area contributed by atoms with Crippen molar-refractivity contribution in [2.75, 3.05) is 26.8 Å². The molecule has 2 spiro atoms. The van der Waals surface area contributed by atoms with Crippen LogP contribution in [0.4, 0.5) is 0 Å². The Morgan fingerprint density at radius 2 is 1.80 bits per heavy atom. The number of esters is 1. The number of benzene rings is 2. The lowest BCUT2D eigenvalue weighted by Crippen LogP contribution is -2.62. The fourth-order valence-corrected chi connectivity index (χ4v) is 10.7. The quantitative estimate of drug-likeness (QED) is 0.388. The van der Waals surface area contributed by atoms with E-state index in [1.165, 1.54) is 0 Å². The van der Waals surface area contributed by atoms with E-state index in [1.54, 1.807) is 0 Å². The van der Waals surface area contributed by atoms with Gasteiger partial charge in [-0.1, -0.05) is 62.4 Å². The highest BCUT2D eigenvalue weighted by Gasteiger charge is 2.78. The van der Waals surface area contributed by atoms with Gasteiger partial charge in [0.1, 0.15) is 23.7 Å². The van der Waals surface area contributed by atoms with Crippen molar-refractivity contribution in [1.82, 2.24) is 4.90 Å². The van der Waals surface area contributed by atoms with Gasteiger partial charge in [-0.2, -0.15) is 0 Å². The molecule has 7 rings (SSSR count). The minimum Gasteiger partial charge on any atom is -0.462 e. The highest BCUT2D eigenvalue weighted by Crippen LogP contribution is 2.68. The first-order valence-corrected chi connectivity index (χ1v) is 15.1. The largest absolute Gasteiger partial charge is 0.462 e. The summed E-state index contributed by atoms with van der Waals surface area (Å²) in [5.41, 5.74) is -1.23. The Kier molecular flexibility index (Phi) is 5.80. The number of rotatable bonds is 3. The number of likely N-dealkylation sites (N-methyl/N-ethyl adjacent to an activating group) is 1. The van der Waals surface area contributed by atoms with Gasteiger partial charge in [0.15, 0.2) is 5.78 Å². The third-order valence-corrected chi connectivity index (χ3v) is 12.6. The average Bonchev–Trinajstić information content (AvgIpc) is 3.51. The first-order valence-electron chi connectivity index (χ1n) is 15.1. The number of nitrogens with zero attached hydrogens (tertiary/aromatic N) is 1. The molecule has 2 saturated heterocycles. The van der Waals surface area contributed by atoms with Crippen LogP contribution in [0.2, 0.25) is 0 Å². The third-order valence-electron chi connectivity index (χ3n) is 12.6. The minimum atomic E-state index is -1.47. The van der Waals surface area contributed by atoms with Gasteiger partial charge in [-0.15, -0.1) is 0 Å². The summed E-state index contributed by atoms with van der Waals surface area (Å²) in [6.07, 6.45) is 1.86. The molecule has 2 aromatic carbocycles. The van der Waals surface area contributed by atoms with E-state index in [0.717, 1.165) is 41.2 Å². The molecule has 0 amide bonds. The molecule has 0 aromatic heterocycles. The van der Waals surface area contributed by atoms with Crippen molar-refractivity contribution in [2.45, 2.75) is 63.7 Å². The Morgan fingerprint density at radius 1 is 1.07 bits per heavy atom. The van der Waals surface area contributed by atoms with Gasteiger partial charge in [0.05, 0.1) is 12.7 Å². The number of carbonyl (C=O) groups excluding carboxylic acids is 2. The van der Waals surface area contributed by atoms with Gasteiger partial charge in [-0.3, -0.25) is 14.5 Å². The van der Waals surface area contributed by atoms with Crippen LogP contribution in [0.15, 0.2) is 48.6 Å². The van der Waals surface area contributed by atoms with Crippen molar-refractivity contribution in [3.63, 3.8) is 0 Å². The predicted molar refractivity (Wildman–Crippen MR) is 154 cm³/mol. The summed E-state index contributed by atoms with van der Waals surface area (Å²) in [6.45, 7) is 9.01. The molecule has 9 atom stereocenters. The number of hydrogen-bond donors (Lipinski definition) is 3. The molecule has 41 heavy (non-hydrogen) atoms. The summed E-state index contributed by atoms with van der Waals surface area (Å²) in [7, 11) is 1.91. The van der Waals surface area contributed by atoms with Gasteiger partial charge < -0.3 is 20.1 Å². The maximum Gasteiger partial charge on any atom is 0.318 e. The van der Waals surface area contributed by atoms with E-state index < -0.39 is 34.5 Å². The maximum absolute atomic E-state index is 14.7. The zero-order valence-corrected chi connectivity index (χ0v) is 24.2. The molecule has 2 saturated carbocycles. The Bertz CT molecular complexity index is 1480. The lowest BCUT2D eigenvalue weighted by molar-refractivity contribution is -0.161. The molecule has 0 bridgehead atoms. The summed E-state index contributed by atoms with van der Waals surface area (Å²) in [6, 6.07) is 11.6. The molecule has 2 aliphatic heterocycles. The van der Waals surface area contributed by atoms with Crippen LogP contribution in [-0.2, 0) is 15.1 Å². The van der Waals surface area contributed by atoms with Gasteiger partial charge in [-0.05, 0) is 78.7 Å². The maximum atomic E-state index is 14.7. The number of carbonyl (C=O) groups is 2. The molecular weight excluding hydrogens is 518 g/mol. The number of hydrogen-bond acceptors (Lipinski definition) is 7. The number of cyclic esters (lactones) is 1. The SMILES string of the molecule is C=C1CC[C@@H]2[C@](C)(CO)[C@H](O)CC[C@@]2(C)[C@@H]1CC1CN(C)[C@@]2(C(=O)c3cccc4cccc2c34)[C@]12C(=O)OC[C@H]2O. The van der Waals surface area contributed by atoms with E-state index >= 15 is 0 Å². The Labute approximate surface area is 241 Å². The Balaban J connectivity index is 1.38. The summed E-state index contributed by atoms with van der Waals surface area (Å²) in [5.74, 6) is -0.932. The van der Waals surface area contributed by atoms with Crippen LogP contribution in [-0.4, -0.2) is 71.0 Å². The summed E-state index contributed by atoms with van der Waals surface area (Å²) >= 11 is 0. The van der Waals surface area contributed by atoms with Crippen LogP contribution in [0.25, 0.3) is 10.8 Å². The first kappa shape index (κ1) is 27.3. The number of fused-ring (bicyclic) bond motifs is 3. The standard InChI is InChI=1S/C34H41NO6/c1-19-11-12-25-31(2,14-13-26(37)32(25,3)18-36)24(19)15-21-16-35(4)34(33(21)27(38)17-41-30(33)40)23-10-6-8-20-7-5-9-22(28(20)23)29(34)39/h5-10,21,24-27,36-38H,1,11-18H2,2-4H3/t21?,24-,25+,26-,27-,31+,32+,33-,34+/m1/s1. The highest BCUT2D eigenvalue weighted by atomic mass is 16.6. The van der Waals surface area contributed by atoms with Gasteiger partial charge in [0, 0.05) is 17.5 Å². The van der Waals surface area contributed by atoms with Gasteiger partial charge in [0.25, 0.3) is 0 Å². The number of ketones is 1. The normalized spacial score (nSPS) is 43.9. The van der Waals surface area contributed by atoms with Crippen LogP contribution >= 0.6 is 0 Å². The van der Waals surface area contributed by atoms with Crippen LogP contribution in [0, 0.1) is 34.0 Å². The number of Topliss-reactive ketones (excluding diaryl/α,β-unsaturated/α-hetero) is 1. The number of allylic oxidation sites excluding steroid dienone is 1. The summed E-state index contributed by atoms with van der Waals surface area (Å²) in [5, 5.41) is 35.1. The van der Waals surface area contributed by atoms with Crippen LogP contribution in [0.5, 0.6) is 0 Å². The third kappa shape index (κ3) is 2.98. The van der Waals surface area contributed by atoms with Crippen LogP contribution < -0.4 is 0 Å². The van der Waals surface area contributed by atoms with Crippen LogP contribution in [0.3, 0.4) is 0 Å². The summed E-state index contributed by atoms with van der Waals surface area (Å²) < 4.78 is 5.67. The monoisotopic (exact) mass is 559 g/mol. The van der Waals surface area contributed by atoms with Crippen LogP contribution in [0.1, 0.15) is 61.9 Å². The van der Waals surface area contributed by atoms with E-state index in [4.69, 9.17) is 4.74 Å². The molecule has 5 aliphatic rings. The molecular formula is C34H41NO6. The molecule has 218 valence electrons. The topological polar surface area (TPSA) is 107 Å². The van der Waals surface area contributed by atoms with Crippen molar-refractivity contribution >= 4 is 22.5 Å². The van der Waals surface area contributed by atoms with Gasteiger partial charge >= 0.3 is 5.97 Å². The second kappa shape index (κ2) is 8.73. The molecule has 7 heteroatoms. The molecule has 2 aromatic rings. The number of likely N-dealkylation sites (tertiary alicyclic amines) is 1. The van der Waals surface area contributed by atoms with E-state index in [1.807, 2.05) is 55.3 Å². The fraction of sp³-hybridized carbons (Fsp3) is 0.588. The number of aliphatic hydroxyl groups is 3. The second-order valence-corrected chi connectivity index (χ2v) is 14.1. The van der Waals surface area contributed by atoms with Gasteiger partial charge in [-0.25, -0.2) is 0 Å². The lowest BCUT2D eigenvalue weighted by Gasteiger charge is -2.60. The van der Waals surface area contributed by atoms with E-state index in [-0.39, 0.29) is 42.2 Å².